The van der Waals surface area contributed by atoms with Gasteiger partial charge in [-0.05, 0) is 30.5 Å². The molecule has 0 radical (unpaired) electrons. The molecule has 0 N–H and O–H groups in total. The molecular formula is C16H21NO3S. The Bertz CT molecular complexity index is 508. The maximum absolute atomic E-state index is 12.6. The standard InChI is InChI=1S/C16H21NO3S/c1-19-13-8-12(9-14(10-13)20-2)16-17(6-7-21-16)15(18)11-4-3-5-11/h8-11,16H,3-7H2,1-2H3. The smallest absolute Gasteiger partial charge is 0.226 e. The van der Waals surface area contributed by atoms with E-state index in [2.05, 4.69) is 0 Å². The van der Waals surface area contributed by atoms with Crippen LogP contribution in [0, 0.1) is 5.92 Å². The van der Waals surface area contributed by atoms with Gasteiger partial charge < -0.3 is 14.4 Å². The van der Waals surface area contributed by atoms with E-state index in [4.69, 9.17) is 9.47 Å². The lowest BCUT2D eigenvalue weighted by Gasteiger charge is -2.32. The van der Waals surface area contributed by atoms with Gasteiger partial charge in [-0.2, -0.15) is 0 Å². The van der Waals surface area contributed by atoms with Crippen molar-refractivity contribution >= 4 is 17.7 Å². The Kier molecular flexibility index (Phi) is 4.29. The molecule has 0 aromatic heterocycles. The number of hydrogen-bond donors (Lipinski definition) is 0. The normalized spacial score (nSPS) is 22.0. The molecule has 2 fully saturated rings. The number of benzene rings is 1. The third-order valence-electron chi connectivity index (χ3n) is 4.29. The topological polar surface area (TPSA) is 38.8 Å². The molecule has 1 saturated heterocycles. The molecule has 1 heterocycles. The predicted molar refractivity (Wildman–Crippen MR) is 83.8 cm³/mol. The molecule has 1 amide bonds. The van der Waals surface area contributed by atoms with Crippen LogP contribution >= 0.6 is 11.8 Å². The van der Waals surface area contributed by atoms with Crippen LogP contribution in [0.5, 0.6) is 11.5 Å². The number of thioether (sulfide) groups is 1. The molecule has 1 saturated carbocycles. The summed E-state index contributed by atoms with van der Waals surface area (Å²) < 4.78 is 10.7. The van der Waals surface area contributed by atoms with Crippen LogP contribution in [-0.2, 0) is 4.79 Å². The van der Waals surface area contributed by atoms with Gasteiger partial charge in [0.1, 0.15) is 16.9 Å². The van der Waals surface area contributed by atoms with Crippen LogP contribution < -0.4 is 9.47 Å². The lowest BCUT2D eigenvalue weighted by atomic mass is 9.84. The van der Waals surface area contributed by atoms with Crippen LogP contribution in [0.25, 0.3) is 0 Å². The highest BCUT2D eigenvalue weighted by Crippen LogP contribution is 2.42. The number of rotatable bonds is 4. The van der Waals surface area contributed by atoms with Crippen molar-refractivity contribution < 1.29 is 14.3 Å². The largest absolute Gasteiger partial charge is 0.497 e. The average Bonchev–Trinajstić information content (AvgIpc) is 2.94. The van der Waals surface area contributed by atoms with Gasteiger partial charge in [0.15, 0.2) is 0 Å². The fraction of sp³-hybridized carbons (Fsp3) is 0.562. The zero-order valence-electron chi connectivity index (χ0n) is 12.5. The molecule has 0 spiro atoms. The highest BCUT2D eigenvalue weighted by atomic mass is 32.2. The summed E-state index contributed by atoms with van der Waals surface area (Å²) in [5, 5.41) is 0.0853. The van der Waals surface area contributed by atoms with Crippen molar-refractivity contribution in [1.82, 2.24) is 4.90 Å². The number of ether oxygens (including phenoxy) is 2. The molecule has 1 aliphatic carbocycles. The highest BCUT2D eigenvalue weighted by molar-refractivity contribution is 7.99. The summed E-state index contributed by atoms with van der Waals surface area (Å²) in [5.74, 6) is 3.10. The minimum atomic E-state index is 0.0853. The first kappa shape index (κ1) is 14.6. The molecule has 114 valence electrons. The lowest BCUT2D eigenvalue weighted by molar-refractivity contribution is -0.138. The van der Waals surface area contributed by atoms with Gasteiger partial charge in [-0.25, -0.2) is 0 Å². The second-order valence-electron chi connectivity index (χ2n) is 5.53. The summed E-state index contributed by atoms with van der Waals surface area (Å²) in [7, 11) is 3.30. The predicted octanol–water partition coefficient (Wildman–Crippen LogP) is 3.08. The van der Waals surface area contributed by atoms with Crippen molar-refractivity contribution in [3.63, 3.8) is 0 Å². The molecule has 3 rings (SSSR count). The first-order valence-electron chi connectivity index (χ1n) is 7.38. The molecule has 5 heteroatoms. The van der Waals surface area contributed by atoms with Crippen molar-refractivity contribution in [2.75, 3.05) is 26.5 Å². The van der Waals surface area contributed by atoms with Crippen LogP contribution in [0.15, 0.2) is 18.2 Å². The Morgan fingerprint density at radius 3 is 2.38 bits per heavy atom. The molecule has 1 atom stereocenters. The van der Waals surface area contributed by atoms with Gasteiger partial charge in [-0.3, -0.25) is 4.79 Å². The Morgan fingerprint density at radius 1 is 1.19 bits per heavy atom. The maximum Gasteiger partial charge on any atom is 0.226 e. The number of nitrogens with zero attached hydrogens (tertiary/aromatic N) is 1. The molecule has 2 aliphatic rings. The second-order valence-corrected chi connectivity index (χ2v) is 6.72. The van der Waals surface area contributed by atoms with Gasteiger partial charge >= 0.3 is 0 Å². The summed E-state index contributed by atoms with van der Waals surface area (Å²) in [6.45, 7) is 0.837. The molecule has 0 bridgehead atoms. The summed E-state index contributed by atoms with van der Waals surface area (Å²) >= 11 is 1.82. The van der Waals surface area contributed by atoms with E-state index in [9.17, 15) is 4.79 Å². The zero-order chi connectivity index (χ0) is 14.8. The minimum absolute atomic E-state index is 0.0853. The van der Waals surface area contributed by atoms with E-state index in [0.29, 0.717) is 5.91 Å². The quantitative estimate of drug-likeness (QED) is 0.857. The molecule has 1 aromatic rings. The Morgan fingerprint density at radius 2 is 1.86 bits per heavy atom. The van der Waals surface area contributed by atoms with Gasteiger partial charge in [0.05, 0.1) is 14.2 Å². The minimum Gasteiger partial charge on any atom is -0.497 e. The summed E-state index contributed by atoms with van der Waals surface area (Å²) in [4.78, 5) is 14.6. The number of methoxy groups -OCH3 is 2. The maximum atomic E-state index is 12.6. The average molecular weight is 307 g/mol. The van der Waals surface area contributed by atoms with Crippen LogP contribution in [0.2, 0.25) is 0 Å². The van der Waals surface area contributed by atoms with Crippen molar-refractivity contribution in [3.8, 4) is 11.5 Å². The Labute approximate surface area is 129 Å². The highest BCUT2D eigenvalue weighted by Gasteiger charge is 2.36. The molecule has 1 unspecified atom stereocenters. The third-order valence-corrected chi connectivity index (χ3v) is 5.55. The first-order chi connectivity index (χ1) is 10.2. The van der Waals surface area contributed by atoms with E-state index in [-0.39, 0.29) is 11.3 Å². The van der Waals surface area contributed by atoms with E-state index in [1.54, 1.807) is 14.2 Å². The lowest BCUT2D eigenvalue weighted by Crippen LogP contribution is -2.38. The SMILES string of the molecule is COc1cc(OC)cc(C2SCCN2C(=O)C2CCC2)c1. The number of hydrogen-bond acceptors (Lipinski definition) is 4. The van der Waals surface area contributed by atoms with Crippen molar-refractivity contribution in [1.29, 1.82) is 0 Å². The van der Waals surface area contributed by atoms with Crippen LogP contribution in [-0.4, -0.2) is 37.3 Å². The number of carbonyl (C=O) groups is 1. The van der Waals surface area contributed by atoms with E-state index < -0.39 is 0 Å². The number of carbonyl (C=O) groups excluding carboxylic acids is 1. The zero-order valence-corrected chi connectivity index (χ0v) is 13.3. The number of amides is 1. The second kappa shape index (κ2) is 6.18. The van der Waals surface area contributed by atoms with Crippen LogP contribution in [0.4, 0.5) is 0 Å². The van der Waals surface area contributed by atoms with E-state index >= 15 is 0 Å². The van der Waals surface area contributed by atoms with E-state index in [0.717, 1.165) is 42.2 Å². The van der Waals surface area contributed by atoms with Crippen LogP contribution in [0.1, 0.15) is 30.2 Å². The Hall–Kier alpha value is -1.36. The fourth-order valence-corrected chi connectivity index (χ4v) is 4.08. The fourth-order valence-electron chi connectivity index (χ4n) is 2.83. The Balaban J connectivity index is 1.85. The van der Waals surface area contributed by atoms with E-state index in [1.807, 2.05) is 34.9 Å². The van der Waals surface area contributed by atoms with E-state index in [1.165, 1.54) is 6.42 Å². The monoisotopic (exact) mass is 307 g/mol. The van der Waals surface area contributed by atoms with Crippen LogP contribution in [0.3, 0.4) is 0 Å². The third kappa shape index (κ3) is 2.84. The molecular weight excluding hydrogens is 286 g/mol. The van der Waals surface area contributed by atoms with Crippen molar-refractivity contribution in [2.24, 2.45) is 5.92 Å². The molecule has 1 aliphatic heterocycles. The summed E-state index contributed by atoms with van der Waals surface area (Å²) in [5.41, 5.74) is 1.08. The van der Waals surface area contributed by atoms with Crippen molar-refractivity contribution in [3.05, 3.63) is 23.8 Å². The van der Waals surface area contributed by atoms with Gasteiger partial charge in [0, 0.05) is 24.3 Å². The van der Waals surface area contributed by atoms with Gasteiger partial charge in [0.25, 0.3) is 0 Å². The van der Waals surface area contributed by atoms with Gasteiger partial charge in [-0.15, -0.1) is 11.8 Å². The summed E-state index contributed by atoms with van der Waals surface area (Å²) in [6, 6.07) is 5.88. The summed E-state index contributed by atoms with van der Waals surface area (Å²) in [6.07, 6.45) is 3.29. The van der Waals surface area contributed by atoms with Gasteiger partial charge in [-0.1, -0.05) is 6.42 Å². The molecule has 21 heavy (non-hydrogen) atoms. The molecule has 4 nitrogen and oxygen atoms in total. The first-order valence-corrected chi connectivity index (χ1v) is 8.43. The van der Waals surface area contributed by atoms with Crippen molar-refractivity contribution in [2.45, 2.75) is 24.6 Å². The van der Waals surface area contributed by atoms with Gasteiger partial charge in [0.2, 0.25) is 5.91 Å². The molecule has 1 aromatic carbocycles.